The van der Waals surface area contributed by atoms with Crippen LogP contribution in [0, 0.1) is 0 Å². The minimum Gasteiger partial charge on any atom is -0.405 e. The molecule has 1 aliphatic carbocycles. The lowest BCUT2D eigenvalue weighted by Crippen LogP contribution is -2.18. The molecule has 86 valence electrons. The van der Waals surface area contributed by atoms with E-state index in [0.717, 1.165) is 6.07 Å². The molecule has 0 N–H and O–H groups in total. The number of benzene rings is 1. The molecule has 0 atom stereocenters. The SMILES string of the molecule is O=C1CCc2c(Cl)ccc(OC(F)(F)F)c21. The van der Waals surface area contributed by atoms with E-state index in [-0.39, 0.29) is 17.8 Å². The summed E-state index contributed by atoms with van der Waals surface area (Å²) in [7, 11) is 0. The van der Waals surface area contributed by atoms with Crippen LogP contribution in [0.1, 0.15) is 22.3 Å². The number of rotatable bonds is 1. The van der Waals surface area contributed by atoms with Gasteiger partial charge in [0.05, 0.1) is 5.56 Å². The van der Waals surface area contributed by atoms with Crippen molar-refractivity contribution in [2.24, 2.45) is 0 Å². The van der Waals surface area contributed by atoms with Crippen molar-refractivity contribution >= 4 is 17.4 Å². The summed E-state index contributed by atoms with van der Waals surface area (Å²) in [5.74, 6) is -0.828. The van der Waals surface area contributed by atoms with Crippen molar-refractivity contribution in [1.82, 2.24) is 0 Å². The normalized spacial score (nSPS) is 15.1. The van der Waals surface area contributed by atoms with Crippen LogP contribution in [0.2, 0.25) is 5.02 Å². The highest BCUT2D eigenvalue weighted by atomic mass is 35.5. The Labute approximate surface area is 94.0 Å². The van der Waals surface area contributed by atoms with Gasteiger partial charge in [-0.05, 0) is 24.1 Å². The highest BCUT2D eigenvalue weighted by Crippen LogP contribution is 2.37. The maximum absolute atomic E-state index is 12.1. The summed E-state index contributed by atoms with van der Waals surface area (Å²) in [6.07, 6.45) is -4.26. The van der Waals surface area contributed by atoms with Crippen LogP contribution in [0.25, 0.3) is 0 Å². The first kappa shape index (κ1) is 11.3. The van der Waals surface area contributed by atoms with E-state index in [2.05, 4.69) is 4.74 Å². The van der Waals surface area contributed by atoms with Crippen molar-refractivity contribution in [1.29, 1.82) is 0 Å². The van der Waals surface area contributed by atoms with E-state index in [1.807, 2.05) is 0 Å². The Kier molecular flexibility index (Phi) is 2.58. The third-order valence-electron chi connectivity index (χ3n) is 2.32. The lowest BCUT2D eigenvalue weighted by Gasteiger charge is -2.12. The van der Waals surface area contributed by atoms with Gasteiger partial charge in [0.15, 0.2) is 5.78 Å². The second kappa shape index (κ2) is 3.66. The molecule has 0 bridgehead atoms. The summed E-state index contributed by atoms with van der Waals surface area (Å²) in [5.41, 5.74) is 0.401. The maximum atomic E-state index is 12.1. The summed E-state index contributed by atoms with van der Waals surface area (Å²) in [4.78, 5) is 11.4. The predicted molar refractivity (Wildman–Crippen MR) is 50.8 cm³/mol. The second-order valence-electron chi connectivity index (χ2n) is 3.37. The molecule has 1 aromatic rings. The third-order valence-corrected chi connectivity index (χ3v) is 2.68. The van der Waals surface area contributed by atoms with E-state index in [1.54, 1.807) is 0 Å². The summed E-state index contributed by atoms with van der Waals surface area (Å²) in [6, 6.07) is 2.37. The molecule has 0 amide bonds. The highest BCUT2D eigenvalue weighted by Gasteiger charge is 2.35. The number of halogens is 4. The standard InChI is InChI=1S/C10H6ClF3O2/c11-6-2-4-8(16-10(12,13)14)9-5(6)1-3-7(9)15/h2,4H,1,3H2. The first-order chi connectivity index (χ1) is 7.38. The van der Waals surface area contributed by atoms with E-state index < -0.39 is 12.1 Å². The van der Waals surface area contributed by atoms with Crippen LogP contribution in [0.4, 0.5) is 13.2 Å². The molecule has 0 saturated carbocycles. The third kappa shape index (κ3) is 2.00. The molecule has 0 heterocycles. The Morgan fingerprint density at radius 3 is 2.56 bits per heavy atom. The average molecular weight is 251 g/mol. The van der Waals surface area contributed by atoms with Crippen LogP contribution in [-0.4, -0.2) is 12.1 Å². The zero-order valence-electron chi connectivity index (χ0n) is 7.90. The van der Waals surface area contributed by atoms with Gasteiger partial charge < -0.3 is 4.74 Å². The van der Waals surface area contributed by atoms with Gasteiger partial charge in [-0.2, -0.15) is 0 Å². The zero-order chi connectivity index (χ0) is 11.9. The fraction of sp³-hybridized carbons (Fsp3) is 0.300. The largest absolute Gasteiger partial charge is 0.573 e. The molecule has 0 fully saturated rings. The second-order valence-corrected chi connectivity index (χ2v) is 3.78. The summed E-state index contributed by atoms with van der Waals surface area (Å²) >= 11 is 5.79. The molecule has 0 radical (unpaired) electrons. The Balaban J connectivity index is 2.49. The van der Waals surface area contributed by atoms with Crippen LogP contribution >= 0.6 is 11.6 Å². The Bertz CT molecular complexity index is 454. The predicted octanol–water partition coefficient (Wildman–Crippen LogP) is 3.37. The average Bonchev–Trinajstić information content (AvgIpc) is 2.52. The minimum atomic E-state index is -4.80. The Morgan fingerprint density at radius 1 is 1.25 bits per heavy atom. The van der Waals surface area contributed by atoms with Crippen LogP contribution in [0.15, 0.2) is 12.1 Å². The van der Waals surface area contributed by atoms with Gasteiger partial charge in [-0.25, -0.2) is 0 Å². The van der Waals surface area contributed by atoms with Crippen molar-refractivity contribution in [2.45, 2.75) is 19.2 Å². The van der Waals surface area contributed by atoms with Gasteiger partial charge in [-0.1, -0.05) is 11.6 Å². The number of alkyl halides is 3. The molecule has 1 aliphatic rings. The highest BCUT2D eigenvalue weighted by molar-refractivity contribution is 6.32. The van der Waals surface area contributed by atoms with E-state index in [0.29, 0.717) is 17.0 Å². The number of hydrogen-bond acceptors (Lipinski definition) is 2. The molecule has 6 heteroatoms. The monoisotopic (exact) mass is 250 g/mol. The quantitative estimate of drug-likeness (QED) is 0.764. The smallest absolute Gasteiger partial charge is 0.405 e. The number of ether oxygens (including phenoxy) is 1. The molecule has 0 unspecified atom stereocenters. The number of fused-ring (bicyclic) bond motifs is 1. The van der Waals surface area contributed by atoms with Gasteiger partial charge in [0.2, 0.25) is 0 Å². The van der Waals surface area contributed by atoms with Crippen LogP contribution in [0.3, 0.4) is 0 Å². The van der Waals surface area contributed by atoms with Crippen LogP contribution < -0.4 is 4.74 Å². The molecule has 2 nitrogen and oxygen atoms in total. The van der Waals surface area contributed by atoms with E-state index in [9.17, 15) is 18.0 Å². The Hall–Kier alpha value is -1.23. The maximum Gasteiger partial charge on any atom is 0.573 e. The summed E-state index contributed by atoms with van der Waals surface area (Å²) in [5, 5.41) is 0.301. The number of hydrogen-bond donors (Lipinski definition) is 0. The van der Waals surface area contributed by atoms with E-state index in [1.165, 1.54) is 6.07 Å². The summed E-state index contributed by atoms with van der Waals surface area (Å²) < 4.78 is 40.0. The topological polar surface area (TPSA) is 26.3 Å². The number of carbonyl (C=O) groups is 1. The molecule has 1 aromatic carbocycles. The van der Waals surface area contributed by atoms with Gasteiger partial charge in [-0.3, -0.25) is 4.79 Å². The molecular weight excluding hydrogens is 245 g/mol. The Morgan fingerprint density at radius 2 is 1.94 bits per heavy atom. The van der Waals surface area contributed by atoms with Gasteiger partial charge in [0.25, 0.3) is 0 Å². The first-order valence-corrected chi connectivity index (χ1v) is 4.86. The first-order valence-electron chi connectivity index (χ1n) is 4.49. The van der Waals surface area contributed by atoms with Crippen LogP contribution in [-0.2, 0) is 6.42 Å². The molecule has 0 aromatic heterocycles. The zero-order valence-corrected chi connectivity index (χ0v) is 8.65. The lowest BCUT2D eigenvalue weighted by molar-refractivity contribution is -0.274. The number of Topliss-reactive ketones (excluding diaryl/α,β-unsaturated/α-hetero) is 1. The van der Waals surface area contributed by atoms with Crippen molar-refractivity contribution in [3.63, 3.8) is 0 Å². The van der Waals surface area contributed by atoms with Crippen molar-refractivity contribution in [2.75, 3.05) is 0 Å². The fourth-order valence-electron chi connectivity index (χ4n) is 1.72. The van der Waals surface area contributed by atoms with Crippen molar-refractivity contribution in [3.8, 4) is 5.75 Å². The van der Waals surface area contributed by atoms with E-state index in [4.69, 9.17) is 11.6 Å². The summed E-state index contributed by atoms with van der Waals surface area (Å²) in [6.45, 7) is 0. The van der Waals surface area contributed by atoms with Crippen molar-refractivity contribution < 1.29 is 22.7 Å². The number of ketones is 1. The van der Waals surface area contributed by atoms with Gasteiger partial charge in [0, 0.05) is 11.4 Å². The van der Waals surface area contributed by atoms with Gasteiger partial charge >= 0.3 is 6.36 Å². The van der Waals surface area contributed by atoms with E-state index >= 15 is 0 Å². The molecule has 2 rings (SSSR count). The lowest BCUT2D eigenvalue weighted by atomic mass is 10.1. The molecule has 0 aliphatic heterocycles. The fourth-order valence-corrected chi connectivity index (χ4v) is 1.98. The molecule has 16 heavy (non-hydrogen) atoms. The van der Waals surface area contributed by atoms with Gasteiger partial charge in [-0.15, -0.1) is 13.2 Å². The minimum absolute atomic E-state index is 0.0372. The van der Waals surface area contributed by atoms with Gasteiger partial charge in [0.1, 0.15) is 5.75 Å². The molecule has 0 spiro atoms. The molecule has 0 saturated heterocycles. The number of carbonyl (C=O) groups excluding carboxylic acids is 1. The molecular formula is C10H6ClF3O2. The van der Waals surface area contributed by atoms with Crippen LogP contribution in [0.5, 0.6) is 5.75 Å². The van der Waals surface area contributed by atoms with Crippen molar-refractivity contribution in [3.05, 3.63) is 28.3 Å².